The van der Waals surface area contributed by atoms with Gasteiger partial charge in [-0.3, -0.25) is 27.4 Å². The summed E-state index contributed by atoms with van der Waals surface area (Å²) >= 11 is 0. The van der Waals surface area contributed by atoms with Crippen molar-refractivity contribution >= 4 is 65.3 Å². The molecule has 9 N–H and O–H groups in total. The van der Waals surface area contributed by atoms with Gasteiger partial charge in [-0.15, -0.1) is 0 Å². The molecule has 4 aromatic heterocycles. The van der Waals surface area contributed by atoms with Gasteiger partial charge < -0.3 is 65.5 Å². The summed E-state index contributed by atoms with van der Waals surface area (Å²) in [6.07, 6.45) is -8.99. The van der Waals surface area contributed by atoms with Crippen LogP contribution in [0.2, 0.25) is 0 Å². The molecule has 12 atom stereocenters. The van der Waals surface area contributed by atoms with Gasteiger partial charge in [-0.1, -0.05) is 0 Å². The number of imidazole rings is 2. The molecule has 0 radical (unpaired) electrons. The Morgan fingerprint density at radius 3 is 1.53 bits per heavy atom. The van der Waals surface area contributed by atoms with Gasteiger partial charge in [0.15, 0.2) is 35.4 Å². The second-order valence-corrected chi connectivity index (χ2v) is 17.0. The Morgan fingerprint density at radius 1 is 0.642 bits per heavy atom. The van der Waals surface area contributed by atoms with Gasteiger partial charge in [0.2, 0.25) is 0 Å². The van der Waals surface area contributed by atoms with Gasteiger partial charge in [0.1, 0.15) is 60.3 Å². The van der Waals surface area contributed by atoms with E-state index in [1.807, 2.05) is 0 Å². The summed E-state index contributed by atoms with van der Waals surface area (Å²) in [5.74, 6) is -0.0609. The smallest absolute Gasteiger partial charge is 0.478 e. The maximum Gasteiger partial charge on any atom is 0.478 e. The topological polar surface area (TPSA) is 442 Å². The minimum absolute atomic E-state index is 0.0280. The van der Waals surface area contributed by atoms with Crippen LogP contribution in [0.15, 0.2) is 25.3 Å². The highest BCUT2D eigenvalue weighted by Crippen LogP contribution is 2.67. The molecule has 2 fully saturated rings. The summed E-state index contributed by atoms with van der Waals surface area (Å²) < 4.78 is 81.8. The molecule has 0 amide bonds. The number of phosphoric acid groups is 4. The fraction of sp³-hybridized carbons (Fsp3) is 0.500. The van der Waals surface area contributed by atoms with Crippen molar-refractivity contribution in [2.75, 3.05) is 24.7 Å². The number of hydrogen-bond acceptors (Lipinski definition) is 26. The van der Waals surface area contributed by atoms with Crippen molar-refractivity contribution < 1.29 is 89.7 Å². The molecule has 6 heterocycles. The van der Waals surface area contributed by atoms with E-state index in [0.717, 1.165) is 34.4 Å². The molecule has 6 rings (SSSR count). The van der Waals surface area contributed by atoms with Crippen molar-refractivity contribution in [3.8, 4) is 0 Å². The number of anilines is 2. The van der Waals surface area contributed by atoms with Crippen LogP contribution in [0.25, 0.3) is 22.3 Å². The molecule has 2 aliphatic rings. The number of nitrogens with zero attached hydrogens (tertiary/aromatic N) is 8. The number of aliphatic hydroxyl groups excluding tert-OH is 4. The van der Waals surface area contributed by atoms with Gasteiger partial charge in [-0.2, -0.15) is 0 Å². The van der Waals surface area contributed by atoms with E-state index in [4.69, 9.17) is 20.9 Å². The number of ether oxygens (including phenoxy) is 2. The van der Waals surface area contributed by atoms with Crippen LogP contribution in [-0.4, -0.2) is 114 Å². The lowest BCUT2D eigenvalue weighted by atomic mass is 10.1. The molecule has 0 bridgehead atoms. The maximum absolute atomic E-state index is 12.3. The van der Waals surface area contributed by atoms with Gasteiger partial charge in [0.05, 0.1) is 25.9 Å². The second kappa shape index (κ2) is 14.6. The Hall–Kier alpha value is -2.98. The molecule has 29 nitrogen and oxygen atoms in total. The van der Waals surface area contributed by atoms with Gasteiger partial charge >= 0.3 is 7.82 Å². The average molecular weight is 833 g/mol. The largest absolute Gasteiger partial charge is 0.756 e. The number of nitrogens with two attached hydrogens (primary N) is 2. The maximum atomic E-state index is 12.3. The first-order valence-corrected chi connectivity index (χ1v) is 20.1. The van der Waals surface area contributed by atoms with Crippen LogP contribution < -0.4 is 26.1 Å². The quantitative estimate of drug-likeness (QED) is 0.0590. The van der Waals surface area contributed by atoms with Gasteiger partial charge in [0.25, 0.3) is 23.5 Å². The molecule has 4 aromatic rings. The van der Waals surface area contributed by atoms with Crippen molar-refractivity contribution in [1.82, 2.24) is 39.0 Å². The highest BCUT2D eigenvalue weighted by atomic mass is 31.3. The molecule has 2 saturated heterocycles. The third-order valence-corrected chi connectivity index (χ3v) is 13.2. The Balaban J connectivity index is 1.01. The fourth-order valence-corrected chi connectivity index (χ4v) is 9.87. The van der Waals surface area contributed by atoms with Crippen LogP contribution >= 0.6 is 31.3 Å². The van der Waals surface area contributed by atoms with E-state index in [2.05, 4.69) is 51.9 Å². The summed E-state index contributed by atoms with van der Waals surface area (Å²) in [5.41, 5.74) is 11.7. The van der Waals surface area contributed by atoms with Crippen LogP contribution in [0.4, 0.5) is 11.6 Å². The highest BCUT2D eigenvalue weighted by Gasteiger charge is 2.47. The normalized spacial score (nSPS) is 30.9. The lowest BCUT2D eigenvalue weighted by molar-refractivity contribution is -0.249. The van der Waals surface area contributed by atoms with Crippen molar-refractivity contribution in [2.45, 2.75) is 49.1 Å². The summed E-state index contributed by atoms with van der Waals surface area (Å²) in [5, 5.41) is 41.7. The lowest BCUT2D eigenvalue weighted by Crippen LogP contribution is -2.34. The molecule has 0 aromatic carbocycles. The first-order chi connectivity index (χ1) is 24.7. The molecule has 292 valence electrons. The standard InChI is InChI=1S/C20H28N10O19P4/c21-15-9-17(25-3-23-15)29(5-27-9)19-13(33)11(31)7(45-19)1-43-50(35,36)47-52(39,40)49-53(41,42)48-51(37,38)44-2-8-12(32)14(34)20(46-8)30-6-28-10-16(22)24-4-26-18(10)30/h3-8,11-14,19-20,31-34H,1-2H2,(H,35,36)(H,37,38)(H,39,40)(H,41,42)(H2,21,23,25)(H2,22,24,26)/p-3/t7-,8-,11-,12-,13-,14-,19+,20+/m0/s1. The van der Waals surface area contributed by atoms with Crippen LogP contribution in [0.3, 0.4) is 0 Å². The number of aliphatic hydroxyl groups is 4. The third kappa shape index (κ3) is 8.48. The van der Waals surface area contributed by atoms with Crippen molar-refractivity contribution in [3.63, 3.8) is 0 Å². The van der Waals surface area contributed by atoms with E-state index in [1.165, 1.54) is 0 Å². The first-order valence-electron chi connectivity index (χ1n) is 14.3. The molecule has 33 heteroatoms. The number of hydrogen-bond donors (Lipinski definition) is 7. The van der Waals surface area contributed by atoms with E-state index in [0.29, 0.717) is 0 Å². The summed E-state index contributed by atoms with van der Waals surface area (Å²) in [6.45, 7) is -2.38. The van der Waals surface area contributed by atoms with Gasteiger partial charge in [0, 0.05) is 0 Å². The molecule has 0 aliphatic carbocycles. The number of rotatable bonds is 14. The third-order valence-electron chi connectivity index (χ3n) is 7.40. The number of nitrogen functional groups attached to an aromatic ring is 2. The summed E-state index contributed by atoms with van der Waals surface area (Å²) in [4.78, 5) is 69.7. The van der Waals surface area contributed by atoms with Crippen molar-refractivity contribution in [2.24, 2.45) is 0 Å². The van der Waals surface area contributed by atoms with Gasteiger partial charge in [-0.05, 0) is 0 Å². The van der Waals surface area contributed by atoms with Crippen LogP contribution in [0.1, 0.15) is 12.5 Å². The monoisotopic (exact) mass is 833 g/mol. The van der Waals surface area contributed by atoms with E-state index >= 15 is 0 Å². The molecule has 2 aliphatic heterocycles. The zero-order valence-corrected chi connectivity index (χ0v) is 29.4. The first kappa shape index (κ1) is 39.7. The van der Waals surface area contributed by atoms with Crippen LogP contribution in [0, 0.1) is 0 Å². The molecule has 53 heavy (non-hydrogen) atoms. The second-order valence-electron chi connectivity index (χ2n) is 10.9. The van der Waals surface area contributed by atoms with E-state index in [9.17, 15) is 58.3 Å². The Bertz CT molecular complexity index is 2040. The predicted octanol–water partition coefficient (Wildman–Crippen LogP) is -4.34. The Morgan fingerprint density at radius 2 is 1.06 bits per heavy atom. The van der Waals surface area contributed by atoms with E-state index < -0.39 is 93.6 Å². The zero-order chi connectivity index (χ0) is 38.7. The number of fused-ring (bicyclic) bond motifs is 2. The Kier molecular flexibility index (Phi) is 10.9. The van der Waals surface area contributed by atoms with Crippen LogP contribution in [-0.2, 0) is 49.7 Å². The molecule has 0 saturated carbocycles. The lowest BCUT2D eigenvalue weighted by Gasteiger charge is -2.34. The summed E-state index contributed by atoms with van der Waals surface area (Å²) in [6, 6.07) is 0. The van der Waals surface area contributed by atoms with Crippen molar-refractivity contribution in [3.05, 3.63) is 25.3 Å². The molecular weight excluding hydrogens is 808 g/mol. The fourth-order valence-electron chi connectivity index (χ4n) is 5.09. The zero-order valence-electron chi connectivity index (χ0n) is 25.8. The number of phosphoric ester groups is 2. The molecule has 4 unspecified atom stereocenters. The number of aromatic nitrogens is 8. The minimum Gasteiger partial charge on any atom is -0.756 e. The van der Waals surface area contributed by atoms with Crippen molar-refractivity contribution in [1.29, 1.82) is 0 Å². The van der Waals surface area contributed by atoms with Gasteiger partial charge in [-0.25, -0.2) is 47.4 Å². The molecule has 0 spiro atoms. The van der Waals surface area contributed by atoms with Crippen LogP contribution in [0.5, 0.6) is 0 Å². The predicted molar refractivity (Wildman–Crippen MR) is 159 cm³/mol. The molecular formula is C20H25N10O19P4-3. The summed E-state index contributed by atoms with van der Waals surface area (Å²) in [7, 11) is -25.1. The highest BCUT2D eigenvalue weighted by molar-refractivity contribution is 7.68. The SMILES string of the molecule is Nc1ncnc2c1ncn2[C@@H]1O[C@@H](COP(=O)([O-])OP(=O)([O-])OP(=O)([O-])OP(=O)(O)OC[C@@H]2O[C@@H](n3cnc4c(N)ncnc43)[C@@H](O)[C@H]2O)[C@H](O)[C@@H]1O. The Labute approximate surface area is 293 Å². The van der Waals surface area contributed by atoms with E-state index in [-0.39, 0.29) is 34.0 Å². The average Bonchev–Trinajstić information content (AvgIpc) is 3.80. The van der Waals surface area contributed by atoms with E-state index in [1.54, 1.807) is 0 Å². The minimum atomic E-state index is -6.57.